The van der Waals surface area contributed by atoms with E-state index in [0.717, 1.165) is 70.1 Å². The standard InChI is InChI=1S/C23H38N4O3.HI/c1-23(2,3)30-21(29)13-7-5-6-10-14-25-22(24-4)27-17-15-26(16-18-27)19-11-8-9-12-20(19)28;/h8-9,11-12,28H,5-7,10,13-18H2,1-4H3,(H,24,25);1H. The highest BCUT2D eigenvalue weighted by Crippen LogP contribution is 2.27. The Bertz CT molecular complexity index is 698. The largest absolute Gasteiger partial charge is 0.506 e. The first kappa shape index (κ1) is 27.3. The van der Waals surface area contributed by atoms with E-state index in [1.54, 1.807) is 6.07 Å². The molecule has 1 fully saturated rings. The summed E-state index contributed by atoms with van der Waals surface area (Å²) < 4.78 is 5.33. The van der Waals surface area contributed by atoms with Crippen molar-refractivity contribution < 1.29 is 14.6 Å². The molecule has 0 aromatic heterocycles. The van der Waals surface area contributed by atoms with E-state index in [1.165, 1.54) is 0 Å². The van der Waals surface area contributed by atoms with Crippen LogP contribution in [0, 0.1) is 0 Å². The number of piperazine rings is 1. The summed E-state index contributed by atoms with van der Waals surface area (Å²) in [6, 6.07) is 7.49. The molecule has 0 saturated carbocycles. The van der Waals surface area contributed by atoms with Crippen LogP contribution in [0.4, 0.5) is 5.69 Å². The molecule has 8 heteroatoms. The predicted molar refractivity (Wildman–Crippen MR) is 138 cm³/mol. The van der Waals surface area contributed by atoms with Gasteiger partial charge in [0.25, 0.3) is 0 Å². The second kappa shape index (κ2) is 13.6. The Morgan fingerprint density at radius 3 is 2.35 bits per heavy atom. The Morgan fingerprint density at radius 1 is 1.10 bits per heavy atom. The molecule has 176 valence electrons. The number of carbonyl (C=O) groups is 1. The maximum atomic E-state index is 11.7. The minimum atomic E-state index is -0.399. The smallest absolute Gasteiger partial charge is 0.306 e. The number of ether oxygens (including phenoxy) is 1. The highest BCUT2D eigenvalue weighted by atomic mass is 127. The molecule has 1 heterocycles. The quantitative estimate of drug-likeness (QED) is 0.169. The predicted octanol–water partition coefficient (Wildman–Crippen LogP) is 4.00. The van der Waals surface area contributed by atoms with Crippen molar-refractivity contribution in [3.8, 4) is 5.75 Å². The number of hydrogen-bond donors (Lipinski definition) is 2. The summed E-state index contributed by atoms with van der Waals surface area (Å²) in [5, 5.41) is 13.5. The van der Waals surface area contributed by atoms with Crippen LogP contribution in [0.25, 0.3) is 0 Å². The zero-order valence-electron chi connectivity index (χ0n) is 19.4. The molecule has 0 unspecified atom stereocenters. The van der Waals surface area contributed by atoms with E-state index in [0.29, 0.717) is 12.2 Å². The monoisotopic (exact) mass is 546 g/mol. The van der Waals surface area contributed by atoms with Crippen molar-refractivity contribution in [2.24, 2.45) is 4.99 Å². The molecule has 7 nitrogen and oxygen atoms in total. The molecule has 0 atom stereocenters. The third kappa shape index (κ3) is 9.97. The fourth-order valence-corrected chi connectivity index (χ4v) is 3.56. The number of anilines is 1. The maximum Gasteiger partial charge on any atom is 0.306 e. The molecule has 2 rings (SSSR count). The van der Waals surface area contributed by atoms with E-state index in [9.17, 15) is 9.90 Å². The van der Waals surface area contributed by atoms with Crippen molar-refractivity contribution >= 4 is 41.6 Å². The number of para-hydroxylation sites is 2. The van der Waals surface area contributed by atoms with E-state index in [1.807, 2.05) is 46.0 Å². The Hall–Kier alpha value is -1.71. The first-order chi connectivity index (χ1) is 14.3. The maximum absolute atomic E-state index is 11.7. The second-order valence-electron chi connectivity index (χ2n) is 8.69. The van der Waals surface area contributed by atoms with Crippen molar-refractivity contribution in [2.75, 3.05) is 44.7 Å². The van der Waals surface area contributed by atoms with Gasteiger partial charge >= 0.3 is 5.97 Å². The molecule has 1 saturated heterocycles. The lowest BCUT2D eigenvalue weighted by atomic mass is 10.1. The Kier molecular flexibility index (Phi) is 12.0. The highest BCUT2D eigenvalue weighted by Gasteiger charge is 2.21. The number of aromatic hydroxyl groups is 1. The van der Waals surface area contributed by atoms with Crippen LogP contribution in [0.2, 0.25) is 0 Å². The molecule has 2 N–H and O–H groups in total. The molecule has 1 aromatic carbocycles. The van der Waals surface area contributed by atoms with Crippen molar-refractivity contribution in [1.29, 1.82) is 0 Å². The Balaban J connectivity index is 0.00000480. The molecule has 0 spiro atoms. The number of hydrogen-bond acceptors (Lipinski definition) is 5. The molecular weight excluding hydrogens is 507 g/mol. The van der Waals surface area contributed by atoms with Gasteiger partial charge in [-0.05, 0) is 45.7 Å². The van der Waals surface area contributed by atoms with Crippen LogP contribution in [-0.4, -0.2) is 67.3 Å². The number of benzene rings is 1. The lowest BCUT2D eigenvalue weighted by molar-refractivity contribution is -0.154. The van der Waals surface area contributed by atoms with Gasteiger partial charge in [-0.2, -0.15) is 0 Å². The van der Waals surface area contributed by atoms with Gasteiger partial charge in [0.1, 0.15) is 11.4 Å². The number of guanidine groups is 1. The number of carbonyl (C=O) groups excluding carboxylic acids is 1. The van der Waals surface area contributed by atoms with E-state index in [4.69, 9.17) is 4.74 Å². The van der Waals surface area contributed by atoms with Gasteiger partial charge in [0.05, 0.1) is 5.69 Å². The van der Waals surface area contributed by atoms with Gasteiger partial charge in [0.15, 0.2) is 5.96 Å². The zero-order chi connectivity index (χ0) is 22.0. The number of nitrogens with zero attached hydrogens (tertiary/aromatic N) is 3. The lowest BCUT2D eigenvalue weighted by Crippen LogP contribution is -2.52. The minimum absolute atomic E-state index is 0. The van der Waals surface area contributed by atoms with Gasteiger partial charge in [-0.3, -0.25) is 9.79 Å². The lowest BCUT2D eigenvalue weighted by Gasteiger charge is -2.37. The van der Waals surface area contributed by atoms with Crippen molar-refractivity contribution in [3.63, 3.8) is 0 Å². The summed E-state index contributed by atoms with van der Waals surface area (Å²) in [6.07, 6.45) is 4.52. The molecule has 1 aromatic rings. The summed E-state index contributed by atoms with van der Waals surface area (Å²) in [5.74, 6) is 1.16. The average Bonchev–Trinajstić information content (AvgIpc) is 2.69. The topological polar surface area (TPSA) is 77.4 Å². The number of unbranched alkanes of at least 4 members (excludes halogenated alkanes) is 3. The Labute approximate surface area is 204 Å². The molecule has 0 radical (unpaired) electrons. The van der Waals surface area contributed by atoms with Crippen LogP contribution < -0.4 is 10.2 Å². The molecule has 0 amide bonds. The number of halogens is 1. The normalized spacial score (nSPS) is 14.8. The number of rotatable bonds is 8. The zero-order valence-corrected chi connectivity index (χ0v) is 21.7. The summed E-state index contributed by atoms with van der Waals surface area (Å²) in [6.45, 7) is 10.00. The second-order valence-corrected chi connectivity index (χ2v) is 8.69. The molecule has 0 aliphatic carbocycles. The SMILES string of the molecule is CN=C(NCCCCCCC(=O)OC(C)(C)C)N1CCN(c2ccccc2O)CC1.I. The summed E-state index contributed by atoms with van der Waals surface area (Å²) in [4.78, 5) is 20.6. The molecule has 31 heavy (non-hydrogen) atoms. The van der Waals surface area contributed by atoms with E-state index >= 15 is 0 Å². The first-order valence-electron chi connectivity index (χ1n) is 11.0. The highest BCUT2D eigenvalue weighted by molar-refractivity contribution is 14.0. The van der Waals surface area contributed by atoms with Crippen LogP contribution in [0.15, 0.2) is 29.3 Å². The summed E-state index contributed by atoms with van der Waals surface area (Å²) >= 11 is 0. The van der Waals surface area contributed by atoms with E-state index in [-0.39, 0.29) is 29.9 Å². The average molecular weight is 546 g/mol. The van der Waals surface area contributed by atoms with Crippen LogP contribution >= 0.6 is 24.0 Å². The molecular formula is C23H39IN4O3. The van der Waals surface area contributed by atoms with Crippen LogP contribution in [-0.2, 0) is 9.53 Å². The third-order valence-corrected chi connectivity index (χ3v) is 5.02. The van der Waals surface area contributed by atoms with Gasteiger partial charge in [-0.15, -0.1) is 24.0 Å². The van der Waals surface area contributed by atoms with Crippen LogP contribution in [0.1, 0.15) is 52.9 Å². The van der Waals surface area contributed by atoms with Crippen LogP contribution in [0.5, 0.6) is 5.75 Å². The van der Waals surface area contributed by atoms with Crippen LogP contribution in [0.3, 0.4) is 0 Å². The number of phenolic OH excluding ortho intramolecular Hbond substituents is 1. The first-order valence-corrected chi connectivity index (χ1v) is 11.0. The molecule has 1 aliphatic heterocycles. The van der Waals surface area contributed by atoms with Gasteiger partial charge in [0, 0.05) is 46.2 Å². The number of aliphatic imine (C=N–C) groups is 1. The number of esters is 1. The van der Waals surface area contributed by atoms with Crippen molar-refractivity contribution in [3.05, 3.63) is 24.3 Å². The fourth-order valence-electron chi connectivity index (χ4n) is 3.56. The number of nitrogens with one attached hydrogen (secondary N) is 1. The fraction of sp³-hybridized carbons (Fsp3) is 0.652. The summed E-state index contributed by atoms with van der Waals surface area (Å²) in [7, 11) is 1.82. The van der Waals surface area contributed by atoms with Gasteiger partial charge in [-0.1, -0.05) is 25.0 Å². The van der Waals surface area contributed by atoms with E-state index in [2.05, 4.69) is 20.1 Å². The Morgan fingerprint density at radius 2 is 1.74 bits per heavy atom. The molecule has 0 bridgehead atoms. The summed E-state index contributed by atoms with van der Waals surface area (Å²) in [5.41, 5.74) is 0.496. The van der Waals surface area contributed by atoms with E-state index < -0.39 is 5.60 Å². The van der Waals surface area contributed by atoms with Crippen molar-refractivity contribution in [2.45, 2.75) is 58.5 Å². The van der Waals surface area contributed by atoms with Gasteiger partial charge in [-0.25, -0.2) is 0 Å². The van der Waals surface area contributed by atoms with Crippen molar-refractivity contribution in [1.82, 2.24) is 10.2 Å². The number of phenols is 1. The molecule has 1 aliphatic rings. The third-order valence-electron chi connectivity index (χ3n) is 5.02. The minimum Gasteiger partial charge on any atom is -0.506 e. The van der Waals surface area contributed by atoms with Gasteiger partial charge in [0.2, 0.25) is 0 Å². The van der Waals surface area contributed by atoms with Gasteiger partial charge < -0.3 is 25.0 Å².